The topological polar surface area (TPSA) is 60.5 Å². The normalized spacial score (nSPS) is 28.3. The lowest BCUT2D eigenvalue weighted by Crippen LogP contribution is -2.55. The summed E-state index contributed by atoms with van der Waals surface area (Å²) >= 11 is 0. The van der Waals surface area contributed by atoms with Crippen molar-refractivity contribution in [3.63, 3.8) is 0 Å². The summed E-state index contributed by atoms with van der Waals surface area (Å²) in [6.07, 6.45) is -1.15. The third-order valence-electron chi connectivity index (χ3n) is 6.44. The Hall–Kier alpha value is -2.54. The number of hydrogen-bond acceptors (Lipinski definition) is 5. The molecule has 1 saturated carbocycles. The van der Waals surface area contributed by atoms with Crippen LogP contribution in [0.1, 0.15) is 16.7 Å². The maximum absolute atomic E-state index is 10.2. The first-order chi connectivity index (χ1) is 16.3. The second kappa shape index (κ2) is 10.6. The van der Waals surface area contributed by atoms with Crippen LogP contribution in [0.15, 0.2) is 91.0 Å². The second-order valence-electron chi connectivity index (χ2n) is 8.70. The van der Waals surface area contributed by atoms with Gasteiger partial charge in [-0.25, -0.2) is 0 Å². The molecule has 0 unspecified atom stereocenters. The molecule has 5 rings (SSSR count). The number of rotatable bonds is 10. The molecule has 1 saturated heterocycles. The molecule has 0 aromatic heterocycles. The largest absolute Gasteiger partial charge is 0.396 e. The smallest absolute Gasteiger partial charge is 0.115 e. The molecule has 5 heteroatoms. The zero-order chi connectivity index (χ0) is 22.5. The van der Waals surface area contributed by atoms with Crippen LogP contribution in [0.25, 0.3) is 0 Å². The standard InChI is InChI=1S/C28H30O5/c29-16-23-24(30-17-20-10-4-1-5-11-20)26(31-18-21-12-6-2-7-13-21)27(28-25(23)33-28)32-19-22-14-8-3-9-15-22/h1-15,23-29H,16-19H2/t23-,24-,25+,26+,27-,28+/m1/s1. The van der Waals surface area contributed by atoms with E-state index in [1.165, 1.54) is 0 Å². The zero-order valence-electron chi connectivity index (χ0n) is 18.5. The van der Waals surface area contributed by atoms with Gasteiger partial charge in [-0.15, -0.1) is 0 Å². The number of benzene rings is 3. The summed E-state index contributed by atoms with van der Waals surface area (Å²) in [6.45, 7) is 1.34. The number of epoxide rings is 1. The Morgan fingerprint density at radius 1 is 0.545 bits per heavy atom. The van der Waals surface area contributed by atoms with Gasteiger partial charge in [0.1, 0.15) is 18.3 Å². The van der Waals surface area contributed by atoms with Gasteiger partial charge >= 0.3 is 0 Å². The highest BCUT2D eigenvalue weighted by molar-refractivity contribution is 5.17. The maximum Gasteiger partial charge on any atom is 0.115 e. The third kappa shape index (κ3) is 5.35. The molecule has 3 aromatic carbocycles. The summed E-state index contributed by atoms with van der Waals surface area (Å²) in [6, 6.07) is 30.3. The minimum absolute atomic E-state index is 0.0166. The Morgan fingerprint density at radius 2 is 0.970 bits per heavy atom. The van der Waals surface area contributed by atoms with Crippen LogP contribution in [-0.2, 0) is 38.8 Å². The van der Waals surface area contributed by atoms with E-state index in [2.05, 4.69) is 0 Å². The molecule has 0 spiro atoms. The van der Waals surface area contributed by atoms with Gasteiger partial charge in [0, 0.05) is 5.92 Å². The van der Waals surface area contributed by atoms with Crippen LogP contribution >= 0.6 is 0 Å². The van der Waals surface area contributed by atoms with E-state index >= 15 is 0 Å². The van der Waals surface area contributed by atoms with Crippen molar-refractivity contribution in [2.24, 2.45) is 5.92 Å². The average Bonchev–Trinajstić information content (AvgIpc) is 3.67. The molecule has 0 amide bonds. The van der Waals surface area contributed by atoms with E-state index in [1.807, 2.05) is 91.0 Å². The molecule has 33 heavy (non-hydrogen) atoms. The molecule has 1 aliphatic carbocycles. The van der Waals surface area contributed by atoms with Crippen LogP contribution < -0.4 is 0 Å². The Labute approximate surface area is 194 Å². The van der Waals surface area contributed by atoms with Crippen molar-refractivity contribution in [1.82, 2.24) is 0 Å². The summed E-state index contributed by atoms with van der Waals surface area (Å²) in [7, 11) is 0. The fourth-order valence-corrected chi connectivity index (χ4v) is 4.66. The molecule has 0 bridgehead atoms. The van der Waals surface area contributed by atoms with E-state index in [9.17, 15) is 5.11 Å². The fraction of sp³-hybridized carbons (Fsp3) is 0.357. The van der Waals surface area contributed by atoms with Crippen LogP contribution in [0, 0.1) is 5.92 Å². The van der Waals surface area contributed by atoms with Crippen LogP contribution in [-0.4, -0.2) is 42.2 Å². The zero-order valence-corrected chi connectivity index (χ0v) is 18.5. The van der Waals surface area contributed by atoms with Crippen LogP contribution in [0.4, 0.5) is 0 Å². The van der Waals surface area contributed by atoms with Crippen molar-refractivity contribution >= 4 is 0 Å². The summed E-state index contributed by atoms with van der Waals surface area (Å²) in [5, 5.41) is 10.2. The fourth-order valence-electron chi connectivity index (χ4n) is 4.66. The Morgan fingerprint density at radius 3 is 1.42 bits per heavy atom. The van der Waals surface area contributed by atoms with E-state index in [4.69, 9.17) is 18.9 Å². The molecule has 5 nitrogen and oxygen atoms in total. The highest BCUT2D eigenvalue weighted by Gasteiger charge is 2.62. The van der Waals surface area contributed by atoms with Gasteiger partial charge in [0.25, 0.3) is 0 Å². The SMILES string of the molecule is OC[C@@H]1[C@@H](OCc2ccccc2)[C@H](OCc2ccccc2)[C@@H](OCc2ccccc2)[C@H]2O[C@@H]12. The lowest BCUT2D eigenvalue weighted by atomic mass is 9.82. The maximum atomic E-state index is 10.2. The van der Waals surface area contributed by atoms with Gasteiger partial charge in [0.2, 0.25) is 0 Å². The lowest BCUT2D eigenvalue weighted by molar-refractivity contribution is -0.182. The Bertz CT molecular complexity index is 981. The summed E-state index contributed by atoms with van der Waals surface area (Å²) < 4.78 is 25.3. The molecule has 2 fully saturated rings. The molecule has 2 aliphatic rings. The van der Waals surface area contributed by atoms with Gasteiger partial charge in [0.15, 0.2) is 0 Å². The molecule has 0 radical (unpaired) electrons. The van der Waals surface area contributed by atoms with Crippen LogP contribution in [0.5, 0.6) is 0 Å². The molecule has 1 N–H and O–H groups in total. The first kappa shape index (κ1) is 22.3. The molecule has 3 aromatic rings. The van der Waals surface area contributed by atoms with Gasteiger partial charge in [0.05, 0.1) is 38.6 Å². The van der Waals surface area contributed by atoms with Crippen molar-refractivity contribution in [2.45, 2.75) is 50.3 Å². The van der Waals surface area contributed by atoms with Gasteiger partial charge in [-0.3, -0.25) is 0 Å². The van der Waals surface area contributed by atoms with Gasteiger partial charge in [-0.1, -0.05) is 91.0 Å². The molecule has 1 aliphatic heterocycles. The van der Waals surface area contributed by atoms with Crippen molar-refractivity contribution in [3.05, 3.63) is 108 Å². The van der Waals surface area contributed by atoms with E-state index in [0.717, 1.165) is 16.7 Å². The number of hydrogen-bond donors (Lipinski definition) is 1. The minimum Gasteiger partial charge on any atom is -0.396 e. The molecular formula is C28H30O5. The highest BCUT2D eigenvalue weighted by atomic mass is 16.6. The van der Waals surface area contributed by atoms with Crippen molar-refractivity contribution in [3.8, 4) is 0 Å². The van der Waals surface area contributed by atoms with Gasteiger partial charge < -0.3 is 24.1 Å². The monoisotopic (exact) mass is 446 g/mol. The Balaban J connectivity index is 1.35. The quantitative estimate of drug-likeness (QED) is 0.475. The lowest BCUT2D eigenvalue weighted by Gasteiger charge is -2.39. The molecule has 6 atom stereocenters. The number of fused-ring (bicyclic) bond motifs is 1. The summed E-state index contributed by atoms with van der Waals surface area (Å²) in [5.41, 5.74) is 3.26. The van der Waals surface area contributed by atoms with Gasteiger partial charge in [-0.05, 0) is 16.7 Å². The van der Waals surface area contributed by atoms with Crippen molar-refractivity contribution in [2.75, 3.05) is 6.61 Å². The van der Waals surface area contributed by atoms with Crippen molar-refractivity contribution in [1.29, 1.82) is 0 Å². The second-order valence-corrected chi connectivity index (χ2v) is 8.70. The first-order valence-corrected chi connectivity index (χ1v) is 11.6. The van der Waals surface area contributed by atoms with Gasteiger partial charge in [-0.2, -0.15) is 0 Å². The van der Waals surface area contributed by atoms with Crippen molar-refractivity contribution < 1.29 is 24.1 Å². The Kier molecular flexibility index (Phi) is 7.15. The minimum atomic E-state index is -0.362. The number of aliphatic hydroxyl groups is 1. The summed E-state index contributed by atoms with van der Waals surface area (Å²) in [4.78, 5) is 0. The van der Waals surface area contributed by atoms with Crippen LogP contribution in [0.3, 0.4) is 0 Å². The van der Waals surface area contributed by atoms with Crippen LogP contribution in [0.2, 0.25) is 0 Å². The van der Waals surface area contributed by atoms with E-state index < -0.39 is 0 Å². The van der Waals surface area contributed by atoms with E-state index in [-0.39, 0.29) is 43.0 Å². The predicted molar refractivity (Wildman–Crippen MR) is 124 cm³/mol. The number of aliphatic hydroxyl groups excluding tert-OH is 1. The average molecular weight is 447 g/mol. The first-order valence-electron chi connectivity index (χ1n) is 11.6. The highest BCUT2D eigenvalue weighted by Crippen LogP contribution is 2.45. The molecule has 172 valence electrons. The van der Waals surface area contributed by atoms with E-state index in [1.54, 1.807) is 0 Å². The van der Waals surface area contributed by atoms with E-state index in [0.29, 0.717) is 19.8 Å². The number of ether oxygens (including phenoxy) is 4. The molecular weight excluding hydrogens is 416 g/mol. The predicted octanol–water partition coefficient (Wildman–Crippen LogP) is 4.13. The summed E-state index contributed by atoms with van der Waals surface area (Å²) in [5.74, 6) is -0.156. The third-order valence-corrected chi connectivity index (χ3v) is 6.44. The molecule has 1 heterocycles.